The lowest BCUT2D eigenvalue weighted by atomic mass is 10.1. The van der Waals surface area contributed by atoms with E-state index < -0.39 is 11.9 Å². The Morgan fingerprint density at radius 2 is 1.86 bits per heavy atom. The van der Waals surface area contributed by atoms with Gasteiger partial charge < -0.3 is 9.77 Å². The molecule has 1 aromatic rings. The summed E-state index contributed by atoms with van der Waals surface area (Å²) in [5.74, 6) is -2.23. The van der Waals surface area contributed by atoms with Gasteiger partial charge in [0.25, 0.3) is 0 Å². The number of hydrogen-bond donors (Lipinski definition) is 1. The zero-order valence-corrected chi connectivity index (χ0v) is 7.52. The van der Waals surface area contributed by atoms with Crippen LogP contribution < -0.4 is 4.66 Å². The molecule has 0 fully saturated rings. The van der Waals surface area contributed by atoms with Crippen molar-refractivity contribution in [3.8, 4) is 0 Å². The number of carboxylic acid groups (broad SMARTS) is 1. The summed E-state index contributed by atoms with van der Waals surface area (Å²) in [5.41, 5.74) is -0.347. The Morgan fingerprint density at radius 1 is 1.29 bits per heavy atom. The van der Waals surface area contributed by atoms with Crippen LogP contribution in [0.4, 0.5) is 0 Å². The number of halogens is 1. The van der Waals surface area contributed by atoms with E-state index in [1.165, 1.54) is 24.3 Å². The molecule has 0 spiro atoms. The highest BCUT2D eigenvalue weighted by molar-refractivity contribution is 6.02. The molecule has 0 bridgehead atoms. The molecular formula is C8H5ClO5. The van der Waals surface area contributed by atoms with E-state index in [2.05, 4.69) is 4.29 Å². The molecule has 0 radical (unpaired) electrons. The van der Waals surface area contributed by atoms with E-state index >= 15 is 0 Å². The SMILES string of the molecule is O=C(O)c1ccccc1C(=O)O[Cl+][O-]. The summed E-state index contributed by atoms with van der Waals surface area (Å²) in [5, 5.41) is 8.69. The van der Waals surface area contributed by atoms with Gasteiger partial charge in [0.2, 0.25) is 0 Å². The van der Waals surface area contributed by atoms with E-state index in [0.29, 0.717) is 0 Å². The van der Waals surface area contributed by atoms with Gasteiger partial charge in [0, 0.05) is 0 Å². The number of carbonyl (C=O) groups excluding carboxylic acids is 1. The van der Waals surface area contributed by atoms with Crippen molar-refractivity contribution >= 4 is 11.9 Å². The molecule has 0 aliphatic heterocycles. The van der Waals surface area contributed by atoms with E-state index in [4.69, 9.17) is 5.11 Å². The fourth-order valence-corrected chi connectivity index (χ4v) is 1.06. The second-order valence-electron chi connectivity index (χ2n) is 2.28. The van der Waals surface area contributed by atoms with Crippen molar-refractivity contribution < 1.29 is 35.0 Å². The van der Waals surface area contributed by atoms with Crippen LogP contribution in [0.1, 0.15) is 20.7 Å². The molecule has 1 rings (SSSR count). The maximum Gasteiger partial charge on any atom is 0.408 e. The molecule has 0 unspecified atom stereocenters. The summed E-state index contributed by atoms with van der Waals surface area (Å²) in [6.45, 7) is 0. The molecule has 74 valence electrons. The summed E-state index contributed by atoms with van der Waals surface area (Å²) in [6, 6.07) is 5.47. The van der Waals surface area contributed by atoms with E-state index in [1.807, 2.05) is 0 Å². The summed E-state index contributed by atoms with van der Waals surface area (Å²) in [4.78, 5) is 21.7. The van der Waals surface area contributed by atoms with Gasteiger partial charge >= 0.3 is 23.3 Å². The smallest absolute Gasteiger partial charge is 0.408 e. The minimum Gasteiger partial charge on any atom is -0.495 e. The fraction of sp³-hybridized carbons (Fsp3) is 0. The predicted octanol–water partition coefficient (Wildman–Crippen LogP) is -0.183. The molecule has 1 N–H and O–H groups in total. The van der Waals surface area contributed by atoms with Crippen LogP contribution in [0.5, 0.6) is 0 Å². The molecule has 0 atom stereocenters. The third-order valence-corrected chi connectivity index (χ3v) is 1.68. The Bertz CT molecular complexity index is 363. The number of carboxylic acids is 1. The van der Waals surface area contributed by atoms with E-state index in [-0.39, 0.29) is 22.5 Å². The van der Waals surface area contributed by atoms with Gasteiger partial charge in [-0.05, 0) is 12.1 Å². The lowest BCUT2D eigenvalue weighted by molar-refractivity contribution is -1.26. The van der Waals surface area contributed by atoms with Gasteiger partial charge in [0.05, 0.1) is 11.1 Å². The molecule has 0 heterocycles. The average molecular weight is 217 g/mol. The predicted molar refractivity (Wildman–Crippen MR) is 38.8 cm³/mol. The van der Waals surface area contributed by atoms with Crippen molar-refractivity contribution in [3.63, 3.8) is 0 Å². The largest absolute Gasteiger partial charge is 0.495 e. The first-order chi connectivity index (χ1) is 6.66. The summed E-state index contributed by atoms with van der Waals surface area (Å²) < 4.78 is 13.9. The standard InChI is InChI=1S/C8H5ClO5/c10-7(11)5-3-1-2-4-6(5)8(12)14-9-13/h1-4H,(H,10,11). The Hall–Kier alpha value is -1.59. The van der Waals surface area contributed by atoms with Crippen molar-refractivity contribution in [2.45, 2.75) is 0 Å². The Balaban J connectivity index is 3.07. The zero-order valence-electron chi connectivity index (χ0n) is 6.77. The normalized spacial score (nSPS) is 9.50. The number of hydrogen-bond acceptors (Lipinski definition) is 4. The summed E-state index contributed by atoms with van der Waals surface area (Å²) in [6.07, 6.45) is 0. The summed E-state index contributed by atoms with van der Waals surface area (Å²) in [7, 11) is 0. The monoisotopic (exact) mass is 216 g/mol. The molecule has 0 aliphatic carbocycles. The van der Waals surface area contributed by atoms with Gasteiger partial charge in [0.15, 0.2) is 0 Å². The van der Waals surface area contributed by atoms with Crippen LogP contribution in [-0.4, -0.2) is 17.0 Å². The molecule has 0 amide bonds. The quantitative estimate of drug-likeness (QED) is 0.757. The number of aromatic carboxylic acids is 1. The molecule has 0 saturated heterocycles. The van der Waals surface area contributed by atoms with Crippen molar-refractivity contribution in [2.24, 2.45) is 0 Å². The van der Waals surface area contributed by atoms with Crippen LogP contribution in [0.3, 0.4) is 0 Å². The average Bonchev–Trinajstić information content (AvgIpc) is 2.18. The fourth-order valence-electron chi connectivity index (χ4n) is 0.918. The minimum absolute atomic E-state index is 0.0682. The first-order valence-corrected chi connectivity index (χ1v) is 4.09. The van der Waals surface area contributed by atoms with E-state index in [9.17, 15) is 14.2 Å². The van der Waals surface area contributed by atoms with E-state index in [0.717, 1.165) is 0 Å². The van der Waals surface area contributed by atoms with Crippen LogP contribution in [0.2, 0.25) is 0 Å². The lowest BCUT2D eigenvalue weighted by Gasteiger charge is -1.99. The van der Waals surface area contributed by atoms with Gasteiger partial charge in [0.1, 0.15) is 0 Å². The van der Waals surface area contributed by atoms with Crippen LogP contribution >= 0.6 is 0 Å². The van der Waals surface area contributed by atoms with Gasteiger partial charge in [-0.1, -0.05) is 12.1 Å². The molecule has 0 aliphatic rings. The van der Waals surface area contributed by atoms with Gasteiger partial charge in [-0.2, -0.15) is 4.29 Å². The zero-order chi connectivity index (χ0) is 10.6. The summed E-state index contributed by atoms with van der Waals surface area (Å²) >= 11 is 0.0682. The maximum absolute atomic E-state index is 11.0. The lowest BCUT2D eigenvalue weighted by Crippen LogP contribution is -2.14. The third-order valence-electron chi connectivity index (χ3n) is 1.48. The van der Waals surface area contributed by atoms with Crippen molar-refractivity contribution in [1.29, 1.82) is 0 Å². The van der Waals surface area contributed by atoms with Crippen molar-refractivity contribution in [2.75, 3.05) is 0 Å². The van der Waals surface area contributed by atoms with Gasteiger partial charge in [-0.15, -0.1) is 0 Å². The number of benzene rings is 1. The first-order valence-electron chi connectivity index (χ1n) is 3.47. The highest BCUT2D eigenvalue weighted by Crippen LogP contribution is 2.09. The number of carbonyl (C=O) groups is 2. The third kappa shape index (κ3) is 2.21. The highest BCUT2D eigenvalue weighted by atomic mass is 35.6. The first kappa shape index (κ1) is 10.5. The molecule has 6 heteroatoms. The van der Waals surface area contributed by atoms with Gasteiger partial charge in [-0.3, -0.25) is 0 Å². The highest BCUT2D eigenvalue weighted by Gasteiger charge is 2.20. The molecule has 1 aromatic carbocycles. The number of rotatable bonds is 3. The molecule has 0 saturated carbocycles. The van der Waals surface area contributed by atoms with E-state index in [1.54, 1.807) is 0 Å². The maximum atomic E-state index is 11.0. The van der Waals surface area contributed by atoms with Crippen LogP contribution in [0.25, 0.3) is 0 Å². The topological polar surface area (TPSA) is 86.7 Å². The Labute approximate surface area is 83.0 Å². The van der Waals surface area contributed by atoms with Crippen LogP contribution in [-0.2, 0) is 4.29 Å². The van der Waals surface area contributed by atoms with Crippen molar-refractivity contribution in [1.82, 2.24) is 0 Å². The Kier molecular flexibility index (Phi) is 3.44. The second kappa shape index (κ2) is 4.59. The van der Waals surface area contributed by atoms with Crippen molar-refractivity contribution in [3.05, 3.63) is 35.4 Å². The van der Waals surface area contributed by atoms with Gasteiger partial charge in [-0.25, -0.2) is 9.59 Å². The molecule has 5 nitrogen and oxygen atoms in total. The Morgan fingerprint density at radius 3 is 2.36 bits per heavy atom. The molecular weight excluding hydrogens is 212 g/mol. The van der Waals surface area contributed by atoms with Crippen LogP contribution in [0, 0.1) is 11.3 Å². The molecule has 14 heavy (non-hydrogen) atoms. The second-order valence-corrected chi connectivity index (χ2v) is 2.56. The minimum atomic E-state index is -1.25. The van der Waals surface area contributed by atoms with Crippen LogP contribution in [0.15, 0.2) is 24.3 Å². The molecule has 0 aromatic heterocycles.